The number of anilines is 1. The lowest BCUT2D eigenvalue weighted by Gasteiger charge is -2.09. The van der Waals surface area contributed by atoms with Crippen LogP contribution in [-0.2, 0) is 20.9 Å². The van der Waals surface area contributed by atoms with Gasteiger partial charge in [0.05, 0.1) is 0 Å². The van der Waals surface area contributed by atoms with Crippen molar-refractivity contribution in [2.45, 2.75) is 26.4 Å². The van der Waals surface area contributed by atoms with E-state index in [4.69, 9.17) is 0 Å². The number of carbonyl (C=O) groups excluding carboxylic acids is 2. The molecule has 16 heavy (non-hydrogen) atoms. The number of benzene rings is 1. The number of rotatable bonds is 6. The van der Waals surface area contributed by atoms with Crippen LogP contribution in [0.4, 0.5) is 5.69 Å². The molecule has 1 rings (SSSR count). The smallest absolute Gasteiger partial charge is 0.293 e. The third-order valence-electron chi connectivity index (χ3n) is 2.08. The second-order valence-corrected chi connectivity index (χ2v) is 3.36. The quantitative estimate of drug-likeness (QED) is 0.748. The summed E-state index contributed by atoms with van der Waals surface area (Å²) in [6.07, 6.45) is 1.29. The molecule has 1 amide bonds. The second-order valence-electron chi connectivity index (χ2n) is 3.36. The summed E-state index contributed by atoms with van der Waals surface area (Å²) in [4.78, 5) is 21.5. The average molecular weight is 221 g/mol. The minimum atomic E-state index is -0.0268. The predicted octanol–water partition coefficient (Wildman–Crippen LogP) is 2.10. The molecule has 0 atom stereocenters. The maximum absolute atomic E-state index is 11.4. The van der Waals surface area contributed by atoms with E-state index in [0.717, 1.165) is 12.0 Å². The fourth-order valence-electron chi connectivity index (χ4n) is 1.33. The van der Waals surface area contributed by atoms with Gasteiger partial charge >= 0.3 is 0 Å². The van der Waals surface area contributed by atoms with Crippen LogP contribution in [0.1, 0.15) is 25.3 Å². The first-order chi connectivity index (χ1) is 7.77. The SMILES string of the molecule is CCCC(=O)Nc1ccccc1COC=O. The number of ether oxygens (including phenoxy) is 1. The molecule has 4 nitrogen and oxygen atoms in total. The summed E-state index contributed by atoms with van der Waals surface area (Å²) in [7, 11) is 0. The Bertz CT molecular complexity index is 363. The van der Waals surface area contributed by atoms with Gasteiger partial charge in [-0.1, -0.05) is 25.1 Å². The molecule has 0 saturated heterocycles. The summed E-state index contributed by atoms with van der Waals surface area (Å²) in [6.45, 7) is 2.51. The van der Waals surface area contributed by atoms with Gasteiger partial charge in [0.1, 0.15) is 6.61 Å². The molecule has 4 heteroatoms. The number of amides is 1. The zero-order chi connectivity index (χ0) is 11.8. The molecule has 1 aromatic rings. The summed E-state index contributed by atoms with van der Waals surface area (Å²) in [5.41, 5.74) is 1.49. The molecule has 0 fully saturated rings. The zero-order valence-corrected chi connectivity index (χ0v) is 9.23. The van der Waals surface area contributed by atoms with Gasteiger partial charge in [-0.25, -0.2) is 0 Å². The van der Waals surface area contributed by atoms with E-state index in [-0.39, 0.29) is 12.5 Å². The Kier molecular flexibility index (Phi) is 5.05. The van der Waals surface area contributed by atoms with Crippen molar-refractivity contribution in [1.82, 2.24) is 0 Å². The maximum Gasteiger partial charge on any atom is 0.293 e. The molecular weight excluding hydrogens is 206 g/mol. The summed E-state index contributed by atoms with van der Waals surface area (Å²) in [5, 5.41) is 2.79. The van der Waals surface area contributed by atoms with Gasteiger partial charge < -0.3 is 10.1 Å². The van der Waals surface area contributed by atoms with Crippen LogP contribution in [0.15, 0.2) is 24.3 Å². The van der Waals surface area contributed by atoms with Gasteiger partial charge in [-0.2, -0.15) is 0 Å². The van der Waals surface area contributed by atoms with E-state index < -0.39 is 0 Å². The largest absolute Gasteiger partial charge is 0.463 e. The molecule has 0 spiro atoms. The number of nitrogens with one attached hydrogen (secondary N) is 1. The molecule has 0 saturated carbocycles. The minimum absolute atomic E-state index is 0.0268. The summed E-state index contributed by atoms with van der Waals surface area (Å²) in [6, 6.07) is 7.26. The van der Waals surface area contributed by atoms with Gasteiger partial charge in [-0.3, -0.25) is 9.59 Å². The third kappa shape index (κ3) is 3.73. The lowest BCUT2D eigenvalue weighted by atomic mass is 10.2. The van der Waals surface area contributed by atoms with E-state index in [1.807, 2.05) is 25.1 Å². The molecule has 86 valence electrons. The van der Waals surface area contributed by atoms with Crippen molar-refractivity contribution in [3.05, 3.63) is 29.8 Å². The van der Waals surface area contributed by atoms with Crippen LogP contribution in [0.25, 0.3) is 0 Å². The van der Waals surface area contributed by atoms with E-state index in [9.17, 15) is 9.59 Å². The van der Waals surface area contributed by atoms with Crippen LogP contribution in [-0.4, -0.2) is 12.4 Å². The molecule has 1 N–H and O–H groups in total. The van der Waals surface area contributed by atoms with Crippen LogP contribution >= 0.6 is 0 Å². The van der Waals surface area contributed by atoms with Crippen molar-refractivity contribution < 1.29 is 14.3 Å². The lowest BCUT2D eigenvalue weighted by molar-refractivity contribution is -0.129. The van der Waals surface area contributed by atoms with Gasteiger partial charge in [0, 0.05) is 17.7 Å². The molecule has 0 heterocycles. The molecule has 0 aromatic heterocycles. The van der Waals surface area contributed by atoms with E-state index in [1.165, 1.54) is 0 Å². The van der Waals surface area contributed by atoms with E-state index in [2.05, 4.69) is 10.1 Å². The Balaban J connectivity index is 2.70. The maximum atomic E-state index is 11.4. The van der Waals surface area contributed by atoms with E-state index in [0.29, 0.717) is 18.6 Å². The Morgan fingerprint density at radius 3 is 2.88 bits per heavy atom. The summed E-state index contributed by atoms with van der Waals surface area (Å²) >= 11 is 0. The summed E-state index contributed by atoms with van der Waals surface area (Å²) in [5.74, 6) is -0.0268. The Labute approximate surface area is 94.6 Å². The van der Waals surface area contributed by atoms with Gasteiger partial charge in [0.15, 0.2) is 0 Å². The third-order valence-corrected chi connectivity index (χ3v) is 2.08. The van der Waals surface area contributed by atoms with Crippen molar-refractivity contribution in [2.24, 2.45) is 0 Å². The van der Waals surface area contributed by atoms with Crippen LogP contribution < -0.4 is 5.32 Å². The zero-order valence-electron chi connectivity index (χ0n) is 9.23. The second kappa shape index (κ2) is 6.61. The highest BCUT2D eigenvalue weighted by atomic mass is 16.5. The molecule has 0 bridgehead atoms. The Morgan fingerprint density at radius 2 is 2.19 bits per heavy atom. The first kappa shape index (κ1) is 12.2. The Morgan fingerprint density at radius 1 is 1.44 bits per heavy atom. The van der Waals surface area contributed by atoms with Crippen molar-refractivity contribution in [2.75, 3.05) is 5.32 Å². The number of hydrogen-bond donors (Lipinski definition) is 1. The van der Waals surface area contributed by atoms with Crippen molar-refractivity contribution >= 4 is 18.1 Å². The fraction of sp³-hybridized carbons (Fsp3) is 0.333. The van der Waals surface area contributed by atoms with Crippen LogP contribution in [0, 0.1) is 0 Å². The highest BCUT2D eigenvalue weighted by Crippen LogP contribution is 2.16. The molecular formula is C12H15NO3. The van der Waals surface area contributed by atoms with Crippen molar-refractivity contribution in [3.8, 4) is 0 Å². The first-order valence-corrected chi connectivity index (χ1v) is 5.21. The first-order valence-electron chi connectivity index (χ1n) is 5.21. The highest BCUT2D eigenvalue weighted by molar-refractivity contribution is 5.91. The minimum Gasteiger partial charge on any atom is -0.463 e. The highest BCUT2D eigenvalue weighted by Gasteiger charge is 2.05. The normalized spacial score (nSPS) is 9.56. The molecule has 1 aromatic carbocycles. The van der Waals surface area contributed by atoms with Crippen LogP contribution in [0.2, 0.25) is 0 Å². The fourth-order valence-corrected chi connectivity index (χ4v) is 1.33. The van der Waals surface area contributed by atoms with Gasteiger partial charge in [-0.15, -0.1) is 0 Å². The molecule has 0 aliphatic heterocycles. The molecule has 0 aliphatic rings. The molecule has 0 radical (unpaired) electrons. The van der Waals surface area contributed by atoms with Gasteiger partial charge in [0.2, 0.25) is 5.91 Å². The summed E-state index contributed by atoms with van der Waals surface area (Å²) < 4.78 is 4.67. The van der Waals surface area contributed by atoms with E-state index >= 15 is 0 Å². The number of hydrogen-bond acceptors (Lipinski definition) is 3. The lowest BCUT2D eigenvalue weighted by Crippen LogP contribution is -2.12. The topological polar surface area (TPSA) is 55.4 Å². The van der Waals surface area contributed by atoms with Crippen LogP contribution in [0.5, 0.6) is 0 Å². The van der Waals surface area contributed by atoms with Gasteiger partial charge in [0.25, 0.3) is 6.47 Å². The number of para-hydroxylation sites is 1. The average Bonchev–Trinajstić information content (AvgIpc) is 2.28. The molecule has 0 aliphatic carbocycles. The monoisotopic (exact) mass is 221 g/mol. The predicted molar refractivity (Wildman–Crippen MR) is 60.8 cm³/mol. The van der Waals surface area contributed by atoms with Crippen molar-refractivity contribution in [3.63, 3.8) is 0 Å². The van der Waals surface area contributed by atoms with E-state index in [1.54, 1.807) is 6.07 Å². The number of carbonyl (C=O) groups is 2. The Hall–Kier alpha value is -1.84. The van der Waals surface area contributed by atoms with Crippen LogP contribution in [0.3, 0.4) is 0 Å². The van der Waals surface area contributed by atoms with Crippen molar-refractivity contribution in [1.29, 1.82) is 0 Å². The molecule has 0 unspecified atom stereocenters. The van der Waals surface area contributed by atoms with Gasteiger partial charge in [-0.05, 0) is 12.5 Å². The standard InChI is InChI=1S/C12H15NO3/c1-2-5-12(15)13-11-7-4-3-6-10(11)8-16-9-14/h3-4,6-7,9H,2,5,8H2,1H3,(H,13,15).